The van der Waals surface area contributed by atoms with Crippen LogP contribution in [0.25, 0.3) is 10.8 Å². The molecule has 0 aliphatic rings. The van der Waals surface area contributed by atoms with Crippen LogP contribution in [0.3, 0.4) is 0 Å². The summed E-state index contributed by atoms with van der Waals surface area (Å²) in [5.74, 6) is 1.61. The third-order valence-electron chi connectivity index (χ3n) is 4.89. The van der Waals surface area contributed by atoms with Gasteiger partial charge < -0.3 is 19.5 Å². The van der Waals surface area contributed by atoms with Crippen molar-refractivity contribution in [1.29, 1.82) is 0 Å². The van der Waals surface area contributed by atoms with E-state index < -0.39 is 0 Å². The summed E-state index contributed by atoms with van der Waals surface area (Å²) in [6.07, 6.45) is 0. The number of carbonyl (C=O) groups excluding carboxylic acids is 1. The van der Waals surface area contributed by atoms with Crippen LogP contribution in [-0.4, -0.2) is 20.1 Å². The maximum Gasteiger partial charge on any atom is 0.259 e. The van der Waals surface area contributed by atoms with Gasteiger partial charge in [0.05, 0.1) is 29.3 Å². The van der Waals surface area contributed by atoms with Crippen LogP contribution in [0, 0.1) is 0 Å². The van der Waals surface area contributed by atoms with Crippen molar-refractivity contribution in [2.75, 3.05) is 19.5 Å². The summed E-state index contributed by atoms with van der Waals surface area (Å²) in [6.45, 7) is 0. The van der Waals surface area contributed by atoms with E-state index in [1.54, 1.807) is 36.4 Å². The van der Waals surface area contributed by atoms with E-state index in [-0.39, 0.29) is 5.91 Å². The Morgan fingerprint density at radius 3 is 2.41 bits per heavy atom. The first-order chi connectivity index (χ1) is 15.5. The van der Waals surface area contributed by atoms with Crippen molar-refractivity contribution in [2.45, 2.75) is 0 Å². The summed E-state index contributed by atoms with van der Waals surface area (Å²) in [4.78, 5) is 12.8. The lowest BCUT2D eigenvalue weighted by Crippen LogP contribution is -2.13. The highest BCUT2D eigenvalue weighted by Gasteiger charge is 2.17. The quantitative estimate of drug-likeness (QED) is 0.294. The predicted octanol–water partition coefficient (Wildman–Crippen LogP) is 7.32. The van der Waals surface area contributed by atoms with Gasteiger partial charge in [0.15, 0.2) is 11.5 Å². The lowest BCUT2D eigenvalue weighted by molar-refractivity contribution is 0.102. The first kappa shape index (κ1) is 22.0. The average Bonchev–Trinajstić information content (AvgIpc) is 2.81. The number of benzene rings is 4. The number of carbonyl (C=O) groups is 1. The molecule has 162 valence electrons. The monoisotopic (exact) mass is 511 g/mol. The Morgan fingerprint density at radius 2 is 1.66 bits per heavy atom. The first-order valence-corrected chi connectivity index (χ1v) is 10.9. The molecule has 4 aromatic carbocycles. The van der Waals surface area contributed by atoms with Gasteiger partial charge in [0, 0.05) is 5.69 Å². The Morgan fingerprint density at radius 1 is 0.875 bits per heavy atom. The van der Waals surface area contributed by atoms with E-state index >= 15 is 0 Å². The number of para-hydroxylation sites is 1. The van der Waals surface area contributed by atoms with E-state index in [4.69, 9.17) is 25.8 Å². The Hall–Kier alpha value is -3.22. The number of ether oxygens (including phenoxy) is 3. The molecule has 0 saturated carbocycles. The molecule has 0 aliphatic heterocycles. The average molecular weight is 513 g/mol. The summed E-state index contributed by atoms with van der Waals surface area (Å²) in [5, 5.41) is 5.33. The van der Waals surface area contributed by atoms with Gasteiger partial charge in [-0.25, -0.2) is 0 Å². The molecule has 0 radical (unpaired) electrons. The third-order valence-corrected chi connectivity index (χ3v) is 6.00. The van der Waals surface area contributed by atoms with Gasteiger partial charge >= 0.3 is 0 Å². The van der Waals surface area contributed by atoms with E-state index in [2.05, 4.69) is 21.2 Å². The topological polar surface area (TPSA) is 56.8 Å². The maximum atomic E-state index is 12.8. The van der Waals surface area contributed by atoms with Gasteiger partial charge in [0.25, 0.3) is 5.91 Å². The van der Waals surface area contributed by atoms with Gasteiger partial charge in [-0.05, 0) is 63.1 Å². The minimum Gasteiger partial charge on any atom is -0.493 e. The lowest BCUT2D eigenvalue weighted by atomic mass is 10.1. The van der Waals surface area contributed by atoms with Gasteiger partial charge in [-0.2, -0.15) is 0 Å². The number of nitrogens with one attached hydrogen (secondary N) is 1. The molecular weight excluding hydrogens is 494 g/mol. The number of amides is 1. The molecule has 1 amide bonds. The van der Waals surface area contributed by atoms with E-state index in [1.807, 2.05) is 36.4 Å². The molecule has 0 bridgehead atoms. The normalized spacial score (nSPS) is 10.6. The minimum absolute atomic E-state index is 0.345. The Labute approximate surface area is 199 Å². The van der Waals surface area contributed by atoms with Crippen LogP contribution in [0.15, 0.2) is 77.3 Å². The Balaban J connectivity index is 1.56. The number of hydrogen-bond acceptors (Lipinski definition) is 4. The van der Waals surface area contributed by atoms with Crippen LogP contribution in [0.5, 0.6) is 23.0 Å². The molecule has 0 unspecified atom stereocenters. The van der Waals surface area contributed by atoms with Crippen molar-refractivity contribution in [2.24, 2.45) is 0 Å². The van der Waals surface area contributed by atoms with Crippen molar-refractivity contribution < 1.29 is 19.0 Å². The second-order valence-corrected chi connectivity index (χ2v) is 8.04. The van der Waals surface area contributed by atoms with Gasteiger partial charge in [0.2, 0.25) is 0 Å². The van der Waals surface area contributed by atoms with Crippen molar-refractivity contribution in [3.8, 4) is 23.0 Å². The van der Waals surface area contributed by atoms with Crippen molar-refractivity contribution in [3.63, 3.8) is 0 Å². The van der Waals surface area contributed by atoms with E-state index in [1.165, 1.54) is 14.2 Å². The summed E-state index contributed by atoms with van der Waals surface area (Å²) >= 11 is 10.1. The fourth-order valence-electron chi connectivity index (χ4n) is 3.34. The molecular formula is C25H19BrClNO4. The number of hydrogen-bond donors (Lipinski definition) is 1. The number of halogens is 2. The summed E-state index contributed by atoms with van der Waals surface area (Å²) in [5.41, 5.74) is 0.873. The number of fused-ring (bicyclic) bond motifs is 1. The van der Waals surface area contributed by atoms with Crippen LogP contribution in [0.2, 0.25) is 5.02 Å². The first-order valence-electron chi connectivity index (χ1n) is 9.69. The van der Waals surface area contributed by atoms with Crippen LogP contribution in [-0.2, 0) is 0 Å². The van der Waals surface area contributed by atoms with Crippen LogP contribution in [0.4, 0.5) is 5.69 Å². The van der Waals surface area contributed by atoms with Gasteiger partial charge in [0.1, 0.15) is 11.5 Å². The molecule has 4 rings (SSSR count). The molecule has 0 aliphatic carbocycles. The fraction of sp³-hybridized carbons (Fsp3) is 0.0800. The second kappa shape index (κ2) is 9.51. The Bertz CT molecular complexity index is 1310. The van der Waals surface area contributed by atoms with Gasteiger partial charge in [-0.3, -0.25) is 4.79 Å². The van der Waals surface area contributed by atoms with Crippen molar-refractivity contribution >= 4 is 49.9 Å². The number of rotatable bonds is 6. The number of methoxy groups -OCH3 is 2. The maximum absolute atomic E-state index is 12.8. The van der Waals surface area contributed by atoms with Gasteiger partial charge in [-0.1, -0.05) is 48.0 Å². The number of anilines is 1. The summed E-state index contributed by atoms with van der Waals surface area (Å²) in [6, 6.07) is 22.1. The standard InChI is InChI=1S/C25H19BrClNO4/c1-30-22-9-5-8-18(24(22)31-2)25(29)28-16-11-13-20(19(27)14-16)32-21-12-10-15-6-3-4-7-17(15)23(21)26/h3-14H,1-2H3,(H,28,29). The second-order valence-electron chi connectivity index (χ2n) is 6.84. The molecule has 4 aromatic rings. The zero-order chi connectivity index (χ0) is 22.7. The van der Waals surface area contributed by atoms with Crippen molar-refractivity contribution in [3.05, 3.63) is 87.9 Å². The van der Waals surface area contributed by atoms with Crippen LogP contribution < -0.4 is 19.5 Å². The fourth-order valence-corrected chi connectivity index (χ4v) is 4.13. The zero-order valence-corrected chi connectivity index (χ0v) is 19.7. The molecule has 0 saturated heterocycles. The Kier molecular flexibility index (Phi) is 6.53. The van der Waals surface area contributed by atoms with Gasteiger partial charge in [-0.15, -0.1) is 0 Å². The SMILES string of the molecule is COc1cccc(C(=O)Nc2ccc(Oc3ccc4ccccc4c3Br)c(Cl)c2)c1OC. The molecule has 32 heavy (non-hydrogen) atoms. The highest BCUT2D eigenvalue weighted by molar-refractivity contribution is 9.10. The van der Waals surface area contributed by atoms with E-state index in [9.17, 15) is 4.79 Å². The van der Waals surface area contributed by atoms with E-state index in [0.717, 1.165) is 15.2 Å². The van der Waals surface area contributed by atoms with Crippen molar-refractivity contribution in [1.82, 2.24) is 0 Å². The molecule has 0 aromatic heterocycles. The zero-order valence-electron chi connectivity index (χ0n) is 17.3. The summed E-state index contributed by atoms with van der Waals surface area (Å²) < 4.78 is 17.5. The largest absolute Gasteiger partial charge is 0.493 e. The smallest absolute Gasteiger partial charge is 0.259 e. The highest BCUT2D eigenvalue weighted by Crippen LogP contribution is 2.39. The molecule has 0 spiro atoms. The third kappa shape index (κ3) is 4.38. The van der Waals surface area contributed by atoms with Crippen LogP contribution in [0.1, 0.15) is 10.4 Å². The molecule has 1 N–H and O–H groups in total. The highest BCUT2D eigenvalue weighted by atomic mass is 79.9. The minimum atomic E-state index is -0.345. The van der Waals surface area contributed by atoms with E-state index in [0.29, 0.717) is 39.3 Å². The molecule has 5 nitrogen and oxygen atoms in total. The molecule has 0 fully saturated rings. The van der Waals surface area contributed by atoms with Crippen LogP contribution >= 0.6 is 27.5 Å². The molecule has 7 heteroatoms. The molecule has 0 heterocycles. The molecule has 0 atom stereocenters. The predicted molar refractivity (Wildman–Crippen MR) is 131 cm³/mol. The lowest BCUT2D eigenvalue weighted by Gasteiger charge is -2.14. The summed E-state index contributed by atoms with van der Waals surface area (Å²) in [7, 11) is 3.01.